The van der Waals surface area contributed by atoms with Crippen LogP contribution in [0.3, 0.4) is 0 Å². The lowest BCUT2D eigenvalue weighted by atomic mass is 10.1. The summed E-state index contributed by atoms with van der Waals surface area (Å²) in [7, 11) is 2.09. The second-order valence-corrected chi connectivity index (χ2v) is 3.66. The SMILES string of the molecule is CCC(C)CN(C)C(C)CC#N. The molecule has 0 heterocycles. The largest absolute Gasteiger partial charge is 0.302 e. The zero-order valence-electron chi connectivity index (χ0n) is 8.67. The molecule has 0 amide bonds. The van der Waals surface area contributed by atoms with Crippen molar-refractivity contribution in [1.82, 2.24) is 4.90 Å². The normalized spacial score (nSPS) is 15.7. The van der Waals surface area contributed by atoms with Crippen molar-refractivity contribution < 1.29 is 0 Å². The van der Waals surface area contributed by atoms with E-state index in [0.717, 1.165) is 12.5 Å². The summed E-state index contributed by atoms with van der Waals surface area (Å²) < 4.78 is 0. The van der Waals surface area contributed by atoms with Crippen molar-refractivity contribution in [3.8, 4) is 6.07 Å². The second kappa shape index (κ2) is 6.02. The van der Waals surface area contributed by atoms with Crippen molar-refractivity contribution in [3.63, 3.8) is 0 Å². The molecule has 0 saturated carbocycles. The molecule has 2 heteroatoms. The van der Waals surface area contributed by atoms with Gasteiger partial charge in [-0.3, -0.25) is 0 Å². The maximum atomic E-state index is 8.50. The van der Waals surface area contributed by atoms with Crippen LogP contribution in [-0.2, 0) is 0 Å². The Morgan fingerprint density at radius 3 is 2.42 bits per heavy atom. The number of nitriles is 1. The van der Waals surface area contributed by atoms with Gasteiger partial charge in [-0.1, -0.05) is 20.3 Å². The number of hydrogen-bond donors (Lipinski definition) is 0. The van der Waals surface area contributed by atoms with Crippen molar-refractivity contribution in [2.75, 3.05) is 13.6 Å². The van der Waals surface area contributed by atoms with Gasteiger partial charge in [-0.25, -0.2) is 0 Å². The monoisotopic (exact) mass is 168 g/mol. The molecule has 0 aromatic rings. The second-order valence-electron chi connectivity index (χ2n) is 3.66. The lowest BCUT2D eigenvalue weighted by Gasteiger charge is -2.25. The fourth-order valence-electron chi connectivity index (χ4n) is 1.09. The molecule has 70 valence electrons. The van der Waals surface area contributed by atoms with Crippen LogP contribution in [0.15, 0.2) is 0 Å². The van der Waals surface area contributed by atoms with E-state index in [1.807, 2.05) is 0 Å². The fourth-order valence-corrected chi connectivity index (χ4v) is 1.09. The van der Waals surface area contributed by atoms with Gasteiger partial charge < -0.3 is 4.90 Å². The Hall–Kier alpha value is -0.550. The van der Waals surface area contributed by atoms with Crippen LogP contribution in [0.5, 0.6) is 0 Å². The number of nitrogens with zero attached hydrogens (tertiary/aromatic N) is 2. The van der Waals surface area contributed by atoms with E-state index in [-0.39, 0.29) is 0 Å². The fraction of sp³-hybridized carbons (Fsp3) is 0.900. The van der Waals surface area contributed by atoms with Gasteiger partial charge in [-0.05, 0) is 19.9 Å². The molecule has 2 nitrogen and oxygen atoms in total. The van der Waals surface area contributed by atoms with Crippen LogP contribution in [0.25, 0.3) is 0 Å². The van der Waals surface area contributed by atoms with Crippen molar-refractivity contribution in [3.05, 3.63) is 0 Å². The molecule has 2 atom stereocenters. The first-order valence-corrected chi connectivity index (χ1v) is 4.69. The summed E-state index contributed by atoms with van der Waals surface area (Å²) in [6, 6.07) is 2.59. The van der Waals surface area contributed by atoms with Crippen LogP contribution >= 0.6 is 0 Å². The molecule has 0 aliphatic heterocycles. The Balaban J connectivity index is 3.71. The molecule has 0 rings (SSSR count). The average molecular weight is 168 g/mol. The molecule has 0 aromatic heterocycles. The summed E-state index contributed by atoms with van der Waals surface area (Å²) in [4.78, 5) is 2.26. The minimum Gasteiger partial charge on any atom is -0.302 e. The zero-order chi connectivity index (χ0) is 9.56. The molecule has 2 unspecified atom stereocenters. The summed E-state index contributed by atoms with van der Waals surface area (Å²) in [6.45, 7) is 7.65. The Morgan fingerprint density at radius 1 is 1.42 bits per heavy atom. The zero-order valence-corrected chi connectivity index (χ0v) is 8.67. The molecular formula is C10H20N2. The Morgan fingerprint density at radius 2 is 2.00 bits per heavy atom. The molecule has 0 saturated heterocycles. The summed E-state index contributed by atoms with van der Waals surface area (Å²) in [5.74, 6) is 0.733. The lowest BCUT2D eigenvalue weighted by Crippen LogP contribution is -2.32. The third-order valence-corrected chi connectivity index (χ3v) is 2.44. The first kappa shape index (κ1) is 11.4. The Bertz CT molecular complexity index is 148. The van der Waals surface area contributed by atoms with E-state index >= 15 is 0 Å². The molecule has 0 bridgehead atoms. The Labute approximate surface area is 76.2 Å². The maximum Gasteiger partial charge on any atom is 0.0638 e. The van der Waals surface area contributed by atoms with Crippen molar-refractivity contribution in [1.29, 1.82) is 5.26 Å². The van der Waals surface area contributed by atoms with Gasteiger partial charge in [-0.2, -0.15) is 5.26 Å². The van der Waals surface area contributed by atoms with E-state index in [1.165, 1.54) is 6.42 Å². The molecule has 0 radical (unpaired) electrons. The van der Waals surface area contributed by atoms with Gasteiger partial charge in [0.05, 0.1) is 12.5 Å². The van der Waals surface area contributed by atoms with Crippen LogP contribution in [0, 0.1) is 17.2 Å². The van der Waals surface area contributed by atoms with E-state index in [9.17, 15) is 0 Å². The average Bonchev–Trinajstić information content (AvgIpc) is 2.04. The maximum absolute atomic E-state index is 8.50. The number of rotatable bonds is 5. The highest BCUT2D eigenvalue weighted by Gasteiger charge is 2.10. The van der Waals surface area contributed by atoms with Crippen LogP contribution in [0.2, 0.25) is 0 Å². The molecule has 0 aliphatic carbocycles. The minimum absolute atomic E-state index is 0.393. The number of hydrogen-bond acceptors (Lipinski definition) is 2. The van der Waals surface area contributed by atoms with Gasteiger partial charge in [0.1, 0.15) is 0 Å². The quantitative estimate of drug-likeness (QED) is 0.629. The van der Waals surface area contributed by atoms with Gasteiger partial charge >= 0.3 is 0 Å². The van der Waals surface area contributed by atoms with E-state index < -0.39 is 0 Å². The van der Waals surface area contributed by atoms with Gasteiger partial charge in [0.2, 0.25) is 0 Å². The smallest absolute Gasteiger partial charge is 0.0638 e. The molecular weight excluding hydrogens is 148 g/mol. The van der Waals surface area contributed by atoms with E-state index in [1.54, 1.807) is 0 Å². The molecule has 0 aromatic carbocycles. The highest BCUT2D eigenvalue weighted by atomic mass is 15.1. The van der Waals surface area contributed by atoms with Crippen LogP contribution < -0.4 is 0 Å². The lowest BCUT2D eigenvalue weighted by molar-refractivity contribution is 0.224. The third-order valence-electron chi connectivity index (χ3n) is 2.44. The van der Waals surface area contributed by atoms with Crippen LogP contribution in [0.4, 0.5) is 0 Å². The predicted molar refractivity (Wildman–Crippen MR) is 51.8 cm³/mol. The van der Waals surface area contributed by atoms with Gasteiger partial charge in [0, 0.05) is 12.6 Å². The van der Waals surface area contributed by atoms with E-state index in [0.29, 0.717) is 12.5 Å². The molecule has 0 spiro atoms. The van der Waals surface area contributed by atoms with E-state index in [4.69, 9.17) is 5.26 Å². The van der Waals surface area contributed by atoms with Gasteiger partial charge in [0.15, 0.2) is 0 Å². The highest BCUT2D eigenvalue weighted by molar-refractivity contribution is 4.78. The summed E-state index contributed by atoms with van der Waals surface area (Å²) >= 11 is 0. The van der Waals surface area contributed by atoms with Crippen molar-refractivity contribution >= 4 is 0 Å². The standard InChI is InChI=1S/C10H20N2/c1-5-9(2)8-12(4)10(3)6-7-11/h9-10H,5-6,8H2,1-4H3. The van der Waals surface area contributed by atoms with Gasteiger partial charge in [-0.15, -0.1) is 0 Å². The third kappa shape index (κ3) is 4.35. The van der Waals surface area contributed by atoms with Crippen LogP contribution in [0.1, 0.15) is 33.6 Å². The van der Waals surface area contributed by atoms with Gasteiger partial charge in [0.25, 0.3) is 0 Å². The molecule has 0 aliphatic rings. The minimum atomic E-state index is 0.393. The molecule has 12 heavy (non-hydrogen) atoms. The van der Waals surface area contributed by atoms with E-state index in [2.05, 4.69) is 38.8 Å². The predicted octanol–water partition coefficient (Wildman–Crippen LogP) is 2.27. The summed E-state index contributed by atoms with van der Waals surface area (Å²) in [5, 5.41) is 8.50. The molecule has 0 N–H and O–H groups in total. The first-order chi connectivity index (χ1) is 5.61. The summed E-state index contributed by atoms with van der Waals surface area (Å²) in [5.41, 5.74) is 0. The van der Waals surface area contributed by atoms with Crippen LogP contribution in [-0.4, -0.2) is 24.5 Å². The summed E-state index contributed by atoms with van der Waals surface area (Å²) in [6.07, 6.45) is 1.84. The molecule has 0 fully saturated rings. The first-order valence-electron chi connectivity index (χ1n) is 4.69. The van der Waals surface area contributed by atoms with Crippen molar-refractivity contribution in [2.45, 2.75) is 39.7 Å². The topological polar surface area (TPSA) is 27.0 Å². The van der Waals surface area contributed by atoms with Crippen molar-refractivity contribution in [2.24, 2.45) is 5.92 Å². The Kier molecular flexibility index (Phi) is 5.74. The highest BCUT2D eigenvalue weighted by Crippen LogP contribution is 2.07.